The Kier molecular flexibility index (Phi) is 3.34. The van der Waals surface area contributed by atoms with Gasteiger partial charge in [-0.15, -0.1) is 11.3 Å². The van der Waals surface area contributed by atoms with E-state index in [-0.39, 0.29) is 11.3 Å². The highest BCUT2D eigenvalue weighted by Crippen LogP contribution is 2.53. The fourth-order valence-corrected chi connectivity index (χ4v) is 6.45. The minimum absolute atomic E-state index is 0.127. The van der Waals surface area contributed by atoms with Gasteiger partial charge in [-0.2, -0.15) is 0 Å². The largest absolute Gasteiger partial charge is 0.334 e. The molecule has 0 spiro atoms. The van der Waals surface area contributed by atoms with Crippen molar-refractivity contribution < 1.29 is 4.79 Å². The molecular formula is C19H22ClNOS. The molecule has 1 aliphatic carbocycles. The van der Waals surface area contributed by atoms with Crippen molar-refractivity contribution in [3.63, 3.8) is 0 Å². The van der Waals surface area contributed by atoms with E-state index in [1.54, 1.807) is 0 Å². The second-order valence-electron chi connectivity index (χ2n) is 8.39. The average molecular weight is 348 g/mol. The third-order valence-corrected chi connectivity index (χ3v) is 7.07. The van der Waals surface area contributed by atoms with Crippen molar-refractivity contribution in [3.05, 3.63) is 34.2 Å². The Balaban J connectivity index is 1.71. The fraction of sp³-hybridized carbons (Fsp3) is 0.526. The molecule has 2 aromatic rings. The zero-order chi connectivity index (χ0) is 16.4. The zero-order valence-corrected chi connectivity index (χ0v) is 15.4. The second-order valence-corrected chi connectivity index (χ2v) is 9.82. The lowest BCUT2D eigenvalue weighted by Gasteiger charge is -2.39. The highest BCUT2D eigenvalue weighted by molar-refractivity contribution is 7.21. The molecule has 1 aromatic carbocycles. The normalized spacial score (nSPS) is 29.2. The summed E-state index contributed by atoms with van der Waals surface area (Å²) in [4.78, 5) is 16.0. The first-order chi connectivity index (χ1) is 10.8. The van der Waals surface area contributed by atoms with Gasteiger partial charge in [-0.05, 0) is 36.2 Å². The standard InChI is InChI=1S/C19H22ClNOS/c1-18(2)8-12-9-19(3,10-18)11-21(12)17(22)16-15(20)13-6-4-5-7-14(13)23-16/h4-7,12H,8-11H2,1-3H3/t12-,19+/m0/s1. The van der Waals surface area contributed by atoms with E-state index in [1.165, 1.54) is 17.8 Å². The topological polar surface area (TPSA) is 20.3 Å². The molecule has 4 rings (SSSR count). The maximum absolute atomic E-state index is 13.2. The SMILES string of the molecule is CC1(C)C[C@H]2C[C@@](C)(CN2C(=O)c2sc3ccccc3c2Cl)C1. The summed E-state index contributed by atoms with van der Waals surface area (Å²) in [5.41, 5.74) is 0.571. The lowest BCUT2D eigenvalue weighted by atomic mass is 9.65. The number of carbonyl (C=O) groups is 1. The Morgan fingerprint density at radius 1 is 1.26 bits per heavy atom. The molecule has 1 saturated carbocycles. The Morgan fingerprint density at radius 2 is 2.00 bits per heavy atom. The van der Waals surface area contributed by atoms with Crippen LogP contribution in [0.15, 0.2) is 24.3 Å². The Morgan fingerprint density at radius 3 is 2.74 bits per heavy atom. The molecule has 4 heteroatoms. The number of nitrogens with zero attached hydrogens (tertiary/aromatic N) is 1. The van der Waals surface area contributed by atoms with Gasteiger partial charge < -0.3 is 4.90 Å². The highest BCUT2D eigenvalue weighted by atomic mass is 35.5. The summed E-state index contributed by atoms with van der Waals surface area (Å²) in [5.74, 6) is 0.127. The van der Waals surface area contributed by atoms with Gasteiger partial charge in [0.1, 0.15) is 4.88 Å². The molecule has 1 saturated heterocycles. The summed E-state index contributed by atoms with van der Waals surface area (Å²) >= 11 is 8.06. The van der Waals surface area contributed by atoms with Crippen LogP contribution in [0.4, 0.5) is 0 Å². The average Bonchev–Trinajstić information content (AvgIpc) is 2.92. The minimum atomic E-state index is 0.127. The van der Waals surface area contributed by atoms with Gasteiger partial charge in [0, 0.05) is 22.7 Å². The maximum atomic E-state index is 13.2. The molecule has 1 aromatic heterocycles. The molecule has 1 aliphatic heterocycles. The van der Waals surface area contributed by atoms with Crippen LogP contribution in [0.3, 0.4) is 0 Å². The third kappa shape index (κ3) is 2.49. The van der Waals surface area contributed by atoms with Gasteiger partial charge in [0.05, 0.1) is 5.02 Å². The zero-order valence-electron chi connectivity index (χ0n) is 13.9. The number of benzene rings is 1. The number of fused-ring (bicyclic) bond motifs is 3. The van der Waals surface area contributed by atoms with Crippen molar-refractivity contribution in [1.29, 1.82) is 0 Å². The molecular weight excluding hydrogens is 326 g/mol. The predicted molar refractivity (Wildman–Crippen MR) is 97.4 cm³/mol. The number of thiophene rings is 1. The number of likely N-dealkylation sites (tertiary alicyclic amines) is 1. The summed E-state index contributed by atoms with van der Waals surface area (Å²) in [6, 6.07) is 8.36. The maximum Gasteiger partial charge on any atom is 0.265 e. The van der Waals surface area contributed by atoms with Crippen molar-refractivity contribution in [2.75, 3.05) is 6.54 Å². The van der Waals surface area contributed by atoms with Crippen LogP contribution < -0.4 is 0 Å². The number of carbonyl (C=O) groups excluding carboxylic acids is 1. The van der Waals surface area contributed by atoms with Gasteiger partial charge in [-0.3, -0.25) is 4.79 Å². The van der Waals surface area contributed by atoms with Gasteiger partial charge in [-0.1, -0.05) is 50.6 Å². The van der Waals surface area contributed by atoms with Gasteiger partial charge in [0.25, 0.3) is 5.91 Å². The van der Waals surface area contributed by atoms with E-state index in [0.29, 0.717) is 21.4 Å². The Hall–Kier alpha value is -1.06. The van der Waals surface area contributed by atoms with Crippen molar-refractivity contribution in [2.45, 2.75) is 46.1 Å². The molecule has 122 valence electrons. The number of hydrogen-bond donors (Lipinski definition) is 0. The molecule has 0 N–H and O–H groups in total. The van der Waals surface area contributed by atoms with E-state index < -0.39 is 0 Å². The van der Waals surface area contributed by atoms with E-state index in [2.05, 4.69) is 25.7 Å². The summed E-state index contributed by atoms with van der Waals surface area (Å²) in [6.07, 6.45) is 3.42. The van der Waals surface area contributed by atoms with Crippen molar-refractivity contribution in [2.24, 2.45) is 10.8 Å². The van der Waals surface area contributed by atoms with Crippen molar-refractivity contribution >= 4 is 38.9 Å². The molecule has 2 heterocycles. The monoisotopic (exact) mass is 347 g/mol. The minimum Gasteiger partial charge on any atom is -0.334 e. The molecule has 2 atom stereocenters. The molecule has 2 aliphatic rings. The van der Waals surface area contributed by atoms with Crippen LogP contribution in [0.25, 0.3) is 10.1 Å². The fourth-order valence-electron chi connectivity index (χ4n) is 4.98. The van der Waals surface area contributed by atoms with Crippen molar-refractivity contribution in [1.82, 2.24) is 4.90 Å². The van der Waals surface area contributed by atoms with E-state index in [9.17, 15) is 4.79 Å². The molecule has 2 fully saturated rings. The summed E-state index contributed by atoms with van der Waals surface area (Å²) in [6.45, 7) is 7.86. The first-order valence-corrected chi connectivity index (χ1v) is 9.46. The van der Waals surface area contributed by atoms with E-state index in [1.807, 2.05) is 24.3 Å². The smallest absolute Gasteiger partial charge is 0.265 e. The van der Waals surface area contributed by atoms with Crippen molar-refractivity contribution in [3.8, 4) is 0 Å². The van der Waals surface area contributed by atoms with Crippen LogP contribution >= 0.6 is 22.9 Å². The van der Waals surface area contributed by atoms with Gasteiger partial charge in [-0.25, -0.2) is 0 Å². The number of amides is 1. The molecule has 2 bridgehead atoms. The summed E-state index contributed by atoms with van der Waals surface area (Å²) in [7, 11) is 0. The summed E-state index contributed by atoms with van der Waals surface area (Å²) < 4.78 is 1.09. The number of rotatable bonds is 1. The first-order valence-electron chi connectivity index (χ1n) is 8.26. The summed E-state index contributed by atoms with van der Waals surface area (Å²) in [5, 5.41) is 1.62. The van der Waals surface area contributed by atoms with Gasteiger partial charge in [0.15, 0.2) is 0 Å². The number of hydrogen-bond acceptors (Lipinski definition) is 2. The predicted octanol–water partition coefficient (Wildman–Crippen LogP) is 5.60. The van der Waals surface area contributed by atoms with Crippen LogP contribution in [0.2, 0.25) is 5.02 Å². The molecule has 0 unspecified atom stereocenters. The van der Waals surface area contributed by atoms with Crippen LogP contribution in [-0.2, 0) is 0 Å². The van der Waals surface area contributed by atoms with Gasteiger partial charge in [0.2, 0.25) is 0 Å². The quantitative estimate of drug-likeness (QED) is 0.658. The van der Waals surface area contributed by atoms with Crippen LogP contribution in [-0.4, -0.2) is 23.4 Å². The lowest BCUT2D eigenvalue weighted by molar-refractivity contribution is 0.0713. The second kappa shape index (κ2) is 4.97. The highest BCUT2D eigenvalue weighted by Gasteiger charge is 2.51. The molecule has 23 heavy (non-hydrogen) atoms. The van der Waals surface area contributed by atoms with Crippen LogP contribution in [0, 0.1) is 10.8 Å². The molecule has 1 amide bonds. The van der Waals surface area contributed by atoms with Crippen LogP contribution in [0.5, 0.6) is 0 Å². The van der Waals surface area contributed by atoms with Crippen LogP contribution in [0.1, 0.15) is 49.7 Å². The Labute approximate surface area is 146 Å². The first kappa shape index (κ1) is 15.5. The Bertz CT molecular complexity index is 796. The molecule has 2 nitrogen and oxygen atoms in total. The molecule has 0 radical (unpaired) electrons. The number of halogens is 1. The van der Waals surface area contributed by atoms with E-state index in [4.69, 9.17) is 11.6 Å². The van der Waals surface area contributed by atoms with E-state index >= 15 is 0 Å². The van der Waals surface area contributed by atoms with Gasteiger partial charge >= 0.3 is 0 Å². The van der Waals surface area contributed by atoms with E-state index in [0.717, 1.165) is 29.5 Å². The lowest BCUT2D eigenvalue weighted by Crippen LogP contribution is -2.37. The third-order valence-electron chi connectivity index (χ3n) is 5.40.